The lowest BCUT2D eigenvalue weighted by atomic mass is 10.5. The predicted molar refractivity (Wildman–Crippen MR) is 141 cm³/mol. The second-order valence-electron chi connectivity index (χ2n) is 8.01. The predicted octanol–water partition coefficient (Wildman–Crippen LogP) is -0.930. The maximum atomic E-state index is 11.4. The highest BCUT2D eigenvalue weighted by molar-refractivity contribution is 6.12. The van der Waals surface area contributed by atoms with E-state index in [4.69, 9.17) is 52.5 Å². The number of hydrogen-bond donors (Lipinski definition) is 1. The zero-order chi connectivity index (χ0) is 28.8. The molecule has 0 fully saturated rings. The molecule has 0 aromatic heterocycles. The molecule has 234 valence electrons. The monoisotopic (exact) mass is 581 g/mol. The molecule has 0 unspecified atom stereocenters. The molecule has 0 aromatic rings. The van der Waals surface area contributed by atoms with Crippen LogP contribution in [0.4, 0.5) is 0 Å². The molecule has 0 radical (unpaired) electrons. The van der Waals surface area contributed by atoms with Crippen LogP contribution >= 0.6 is 0 Å². The summed E-state index contributed by atoms with van der Waals surface area (Å²) in [6, 6.07) is 0. The Morgan fingerprint density at radius 2 is 0.625 bits per heavy atom. The molecule has 0 spiro atoms. The summed E-state index contributed by atoms with van der Waals surface area (Å²) in [7, 11) is 0. The Kier molecular flexibility index (Phi) is 26.4. The highest BCUT2D eigenvalue weighted by Crippen LogP contribution is 2.02. The fraction of sp³-hybridized carbons (Fsp3) is 0.846. The van der Waals surface area contributed by atoms with Gasteiger partial charge in [-0.3, -0.25) is 14.5 Å². The molecule has 1 N–H and O–H groups in total. The standard InChI is InChI=1S/C26H47NO13/c28-4-6-32-8-10-34-12-14-36-16-18-38-20-22-40-24-23-39-21-19-37-17-15-35-13-11-33-9-7-31-5-3-27-25(29)1-2-26(27)30/h1-2,28H,3-24H2. The first-order valence-electron chi connectivity index (χ1n) is 13.7. The first kappa shape index (κ1) is 36.5. The Morgan fingerprint density at radius 3 is 0.875 bits per heavy atom. The van der Waals surface area contributed by atoms with E-state index in [2.05, 4.69) is 0 Å². The summed E-state index contributed by atoms with van der Waals surface area (Å²) in [5.41, 5.74) is 0. The van der Waals surface area contributed by atoms with Gasteiger partial charge in [-0.25, -0.2) is 0 Å². The van der Waals surface area contributed by atoms with Crippen molar-refractivity contribution in [2.75, 3.05) is 145 Å². The maximum Gasteiger partial charge on any atom is 0.253 e. The van der Waals surface area contributed by atoms with Gasteiger partial charge in [0.2, 0.25) is 0 Å². The van der Waals surface area contributed by atoms with Crippen molar-refractivity contribution in [3.05, 3.63) is 12.2 Å². The van der Waals surface area contributed by atoms with Gasteiger partial charge in [-0.05, 0) is 0 Å². The third kappa shape index (κ3) is 23.2. The molecular weight excluding hydrogens is 534 g/mol. The van der Waals surface area contributed by atoms with Crippen molar-refractivity contribution in [2.45, 2.75) is 0 Å². The van der Waals surface area contributed by atoms with Gasteiger partial charge in [-0.2, -0.15) is 0 Å². The van der Waals surface area contributed by atoms with E-state index in [-0.39, 0.29) is 31.6 Å². The molecule has 1 rings (SSSR count). The highest BCUT2D eigenvalue weighted by Gasteiger charge is 2.22. The molecule has 1 aliphatic heterocycles. The van der Waals surface area contributed by atoms with E-state index in [9.17, 15) is 9.59 Å². The van der Waals surface area contributed by atoms with Gasteiger partial charge in [0.1, 0.15) is 0 Å². The lowest BCUT2D eigenvalue weighted by molar-refractivity contribution is -0.137. The molecule has 0 saturated heterocycles. The zero-order valence-corrected chi connectivity index (χ0v) is 23.5. The van der Waals surface area contributed by atoms with E-state index in [0.29, 0.717) is 126 Å². The summed E-state index contributed by atoms with van der Waals surface area (Å²) in [6.07, 6.45) is 2.51. The second kappa shape index (κ2) is 29.0. The number of aliphatic hydroxyl groups is 1. The molecule has 0 bridgehead atoms. The van der Waals surface area contributed by atoms with E-state index in [1.54, 1.807) is 0 Å². The van der Waals surface area contributed by atoms with Crippen LogP contribution in [0, 0.1) is 0 Å². The third-order valence-corrected chi connectivity index (χ3v) is 4.94. The van der Waals surface area contributed by atoms with Crippen molar-refractivity contribution < 1.29 is 62.1 Å². The molecule has 40 heavy (non-hydrogen) atoms. The van der Waals surface area contributed by atoms with Gasteiger partial charge in [-0.1, -0.05) is 0 Å². The maximum absolute atomic E-state index is 11.4. The number of nitrogens with zero attached hydrogens (tertiary/aromatic N) is 1. The molecule has 1 aliphatic rings. The number of amides is 2. The topological polar surface area (TPSA) is 150 Å². The fourth-order valence-corrected chi connectivity index (χ4v) is 2.95. The van der Waals surface area contributed by atoms with Gasteiger partial charge in [0.15, 0.2) is 0 Å². The van der Waals surface area contributed by atoms with E-state index < -0.39 is 0 Å². The van der Waals surface area contributed by atoms with Crippen molar-refractivity contribution in [1.29, 1.82) is 0 Å². The molecule has 1 heterocycles. The summed E-state index contributed by atoms with van der Waals surface area (Å²) in [4.78, 5) is 23.9. The number of rotatable bonds is 32. The highest BCUT2D eigenvalue weighted by atomic mass is 16.6. The van der Waals surface area contributed by atoms with Gasteiger partial charge in [0.05, 0.1) is 145 Å². The SMILES string of the molecule is O=C1C=CC(=O)N1CCOCCOCCOCCOCCOCCOCCOCCOCCOCCOCCO. The van der Waals surface area contributed by atoms with Crippen LogP contribution in [0.25, 0.3) is 0 Å². The van der Waals surface area contributed by atoms with E-state index in [1.807, 2.05) is 0 Å². The van der Waals surface area contributed by atoms with Crippen LogP contribution in [0.1, 0.15) is 0 Å². The van der Waals surface area contributed by atoms with Crippen molar-refractivity contribution in [3.63, 3.8) is 0 Å². The smallest absolute Gasteiger partial charge is 0.253 e. The van der Waals surface area contributed by atoms with Crippen LogP contribution in [0.2, 0.25) is 0 Å². The Labute approximate surface area is 236 Å². The number of carbonyl (C=O) groups is 2. The molecule has 14 heteroatoms. The van der Waals surface area contributed by atoms with Crippen molar-refractivity contribution >= 4 is 11.8 Å². The van der Waals surface area contributed by atoms with E-state index in [0.717, 1.165) is 4.90 Å². The number of carbonyl (C=O) groups excluding carboxylic acids is 2. The Bertz CT molecular complexity index is 605. The van der Waals surface area contributed by atoms with Crippen LogP contribution < -0.4 is 0 Å². The molecule has 2 amide bonds. The Morgan fingerprint density at radius 1 is 0.400 bits per heavy atom. The molecule has 0 atom stereocenters. The lowest BCUT2D eigenvalue weighted by Gasteiger charge is -2.13. The van der Waals surface area contributed by atoms with Gasteiger partial charge in [0, 0.05) is 12.2 Å². The van der Waals surface area contributed by atoms with E-state index in [1.165, 1.54) is 12.2 Å². The molecule has 0 aromatic carbocycles. The summed E-state index contributed by atoms with van der Waals surface area (Å²) in [5.74, 6) is -0.614. The third-order valence-electron chi connectivity index (χ3n) is 4.94. The summed E-state index contributed by atoms with van der Waals surface area (Å²) in [5, 5.41) is 8.56. The molecule has 0 aliphatic carbocycles. The first-order valence-corrected chi connectivity index (χ1v) is 13.7. The number of hydrogen-bond acceptors (Lipinski definition) is 13. The van der Waals surface area contributed by atoms with Gasteiger partial charge in [-0.15, -0.1) is 0 Å². The lowest BCUT2D eigenvalue weighted by Crippen LogP contribution is -2.33. The normalized spacial score (nSPS) is 13.3. The van der Waals surface area contributed by atoms with Crippen LogP contribution in [-0.2, 0) is 57.0 Å². The first-order chi connectivity index (χ1) is 19.8. The fourth-order valence-electron chi connectivity index (χ4n) is 2.95. The van der Waals surface area contributed by atoms with Gasteiger partial charge in [0.25, 0.3) is 11.8 Å². The molecular formula is C26H47NO13. The number of ether oxygens (including phenoxy) is 10. The summed E-state index contributed by atoms with van der Waals surface area (Å²) >= 11 is 0. The van der Waals surface area contributed by atoms with Gasteiger partial charge < -0.3 is 52.5 Å². The molecule has 0 saturated carbocycles. The van der Waals surface area contributed by atoms with Gasteiger partial charge >= 0.3 is 0 Å². The summed E-state index contributed by atoms with van der Waals surface area (Å²) < 4.78 is 53.7. The minimum atomic E-state index is -0.307. The van der Waals surface area contributed by atoms with Crippen LogP contribution in [0.15, 0.2) is 12.2 Å². The number of aliphatic hydroxyl groups excluding tert-OH is 1. The average molecular weight is 582 g/mol. The minimum Gasteiger partial charge on any atom is -0.394 e. The molecule has 14 nitrogen and oxygen atoms in total. The van der Waals surface area contributed by atoms with Crippen molar-refractivity contribution in [2.24, 2.45) is 0 Å². The van der Waals surface area contributed by atoms with Crippen LogP contribution in [-0.4, -0.2) is 167 Å². The second-order valence-corrected chi connectivity index (χ2v) is 8.01. The zero-order valence-electron chi connectivity index (χ0n) is 23.5. The van der Waals surface area contributed by atoms with Crippen molar-refractivity contribution in [1.82, 2.24) is 4.90 Å². The Hall–Kier alpha value is -1.56. The largest absolute Gasteiger partial charge is 0.394 e. The average Bonchev–Trinajstić information content (AvgIpc) is 3.28. The number of imide groups is 1. The van der Waals surface area contributed by atoms with Crippen LogP contribution in [0.3, 0.4) is 0 Å². The Balaban J connectivity index is 1.63. The van der Waals surface area contributed by atoms with E-state index >= 15 is 0 Å². The quantitative estimate of drug-likeness (QED) is 0.0771. The summed E-state index contributed by atoms with van der Waals surface area (Å²) in [6.45, 7) is 9.35. The van der Waals surface area contributed by atoms with Crippen molar-refractivity contribution in [3.8, 4) is 0 Å². The minimum absolute atomic E-state index is 0.0201. The van der Waals surface area contributed by atoms with Crippen LogP contribution in [0.5, 0.6) is 0 Å².